The summed E-state index contributed by atoms with van der Waals surface area (Å²) in [6, 6.07) is 21.6. The normalized spacial score (nSPS) is 11.1. The molecule has 1 aromatic carbocycles. The fourth-order valence-electron chi connectivity index (χ4n) is 3.85. The Morgan fingerprint density at radius 1 is 1.03 bits per heavy atom. The molecule has 0 N–H and O–H groups in total. The molecule has 4 heterocycles. The van der Waals surface area contributed by atoms with Crippen LogP contribution in [0.3, 0.4) is 0 Å². The summed E-state index contributed by atoms with van der Waals surface area (Å²) in [5.74, 6) is 0.410. The third-order valence-corrected chi connectivity index (χ3v) is 5.78. The third kappa shape index (κ3) is 5.14. The van der Waals surface area contributed by atoms with E-state index in [2.05, 4.69) is 20.9 Å². The summed E-state index contributed by atoms with van der Waals surface area (Å²) in [6.07, 6.45) is 5.68. The fraction of sp³-hybridized carbons (Fsp3) is 0.154. The predicted octanol–water partition coefficient (Wildman–Crippen LogP) is 5.25. The minimum Gasteiger partial charge on any atom is -0.409 e. The summed E-state index contributed by atoms with van der Waals surface area (Å²) in [5, 5.41) is 14.7. The molecule has 172 valence electrons. The Bertz CT molecular complexity index is 1540. The SMILES string of the molecule is N#CCCN(Cc1cccnc1)Cn1nc(-c2cc(-c3ccccn3)nc3ccccc23)oc1=S. The van der Waals surface area contributed by atoms with Gasteiger partial charge in [-0.1, -0.05) is 30.3 Å². The standard InChI is InChI=1S/C26H21N7OS/c27-11-6-14-32(17-19-7-5-12-28-16-19)18-33-26(35)34-25(31-33)21-15-24(23-10-3-4-13-29-23)30-22-9-2-1-8-20(21)22/h1-5,7-10,12-13,15-16H,6,14,17-18H2. The number of hydrogen-bond donors (Lipinski definition) is 0. The Morgan fingerprint density at radius 3 is 2.71 bits per heavy atom. The maximum Gasteiger partial charge on any atom is 0.288 e. The quantitative estimate of drug-likeness (QED) is 0.278. The van der Waals surface area contributed by atoms with Crippen molar-refractivity contribution < 1.29 is 4.42 Å². The van der Waals surface area contributed by atoms with E-state index in [1.54, 1.807) is 17.1 Å². The first-order valence-corrected chi connectivity index (χ1v) is 11.5. The van der Waals surface area contributed by atoms with Crippen LogP contribution in [0.2, 0.25) is 0 Å². The van der Waals surface area contributed by atoms with E-state index in [4.69, 9.17) is 32.0 Å². The summed E-state index contributed by atoms with van der Waals surface area (Å²) < 4.78 is 7.62. The highest BCUT2D eigenvalue weighted by molar-refractivity contribution is 7.71. The highest BCUT2D eigenvalue weighted by Crippen LogP contribution is 2.31. The van der Waals surface area contributed by atoms with Crippen molar-refractivity contribution in [2.75, 3.05) is 6.54 Å². The van der Waals surface area contributed by atoms with Gasteiger partial charge in [-0.25, -0.2) is 9.67 Å². The molecular formula is C26H21N7OS. The largest absolute Gasteiger partial charge is 0.409 e. The van der Waals surface area contributed by atoms with E-state index in [-0.39, 0.29) is 4.84 Å². The molecule has 0 bridgehead atoms. The van der Waals surface area contributed by atoms with Gasteiger partial charge in [-0.3, -0.25) is 14.9 Å². The van der Waals surface area contributed by atoms with Crippen LogP contribution in [0.5, 0.6) is 0 Å². The van der Waals surface area contributed by atoms with Gasteiger partial charge in [0.1, 0.15) is 0 Å². The van der Waals surface area contributed by atoms with Crippen LogP contribution in [0.4, 0.5) is 0 Å². The van der Waals surface area contributed by atoms with Crippen molar-refractivity contribution in [2.45, 2.75) is 19.6 Å². The van der Waals surface area contributed by atoms with E-state index in [1.807, 2.05) is 66.9 Å². The van der Waals surface area contributed by atoms with Crippen molar-refractivity contribution in [3.63, 3.8) is 0 Å². The van der Waals surface area contributed by atoms with Crippen molar-refractivity contribution in [3.05, 3.63) is 89.7 Å². The molecule has 0 amide bonds. The first-order chi connectivity index (χ1) is 17.2. The number of rotatable bonds is 8. The molecule has 0 aliphatic carbocycles. The minimum absolute atomic E-state index is 0.258. The summed E-state index contributed by atoms with van der Waals surface area (Å²) in [4.78, 5) is 15.8. The molecule has 0 spiro atoms. The van der Waals surface area contributed by atoms with Crippen LogP contribution < -0.4 is 0 Å². The number of aromatic nitrogens is 5. The van der Waals surface area contributed by atoms with Crippen LogP contribution in [0.1, 0.15) is 12.0 Å². The van der Waals surface area contributed by atoms with Gasteiger partial charge >= 0.3 is 0 Å². The number of nitriles is 1. The van der Waals surface area contributed by atoms with Gasteiger partial charge in [0.25, 0.3) is 4.84 Å². The molecule has 4 aromatic heterocycles. The highest BCUT2D eigenvalue weighted by Gasteiger charge is 2.17. The molecule has 0 saturated carbocycles. The number of benzene rings is 1. The van der Waals surface area contributed by atoms with Crippen molar-refractivity contribution in [2.24, 2.45) is 0 Å². The number of para-hydroxylation sites is 1. The first kappa shape index (κ1) is 22.5. The second-order valence-electron chi connectivity index (χ2n) is 7.92. The molecular weight excluding hydrogens is 458 g/mol. The maximum absolute atomic E-state index is 9.11. The number of fused-ring (bicyclic) bond motifs is 1. The molecule has 0 aliphatic rings. The Morgan fingerprint density at radius 2 is 1.91 bits per heavy atom. The van der Waals surface area contributed by atoms with Gasteiger partial charge in [0.05, 0.1) is 35.2 Å². The van der Waals surface area contributed by atoms with Gasteiger partial charge in [0.15, 0.2) is 0 Å². The molecule has 0 radical (unpaired) electrons. The second-order valence-corrected chi connectivity index (χ2v) is 8.27. The molecule has 0 fully saturated rings. The van der Waals surface area contributed by atoms with Gasteiger partial charge in [-0.05, 0) is 48.1 Å². The van der Waals surface area contributed by atoms with Crippen LogP contribution in [-0.2, 0) is 13.2 Å². The van der Waals surface area contributed by atoms with E-state index >= 15 is 0 Å². The molecule has 0 saturated heterocycles. The molecule has 35 heavy (non-hydrogen) atoms. The van der Waals surface area contributed by atoms with Crippen LogP contribution in [0.15, 0.2) is 83.7 Å². The summed E-state index contributed by atoms with van der Waals surface area (Å²) >= 11 is 5.52. The zero-order valence-corrected chi connectivity index (χ0v) is 19.6. The van der Waals surface area contributed by atoms with Gasteiger partial charge in [0.2, 0.25) is 5.89 Å². The van der Waals surface area contributed by atoms with E-state index in [1.165, 1.54) is 0 Å². The van der Waals surface area contributed by atoms with Crippen molar-refractivity contribution >= 4 is 23.1 Å². The molecule has 8 nitrogen and oxygen atoms in total. The average Bonchev–Trinajstić information content (AvgIpc) is 3.27. The zero-order chi connectivity index (χ0) is 24.0. The predicted molar refractivity (Wildman–Crippen MR) is 134 cm³/mol. The molecule has 0 atom stereocenters. The van der Waals surface area contributed by atoms with Gasteiger partial charge in [-0.15, -0.1) is 5.10 Å². The molecule has 0 unspecified atom stereocenters. The van der Waals surface area contributed by atoms with Crippen molar-refractivity contribution in [3.8, 4) is 28.9 Å². The molecule has 5 aromatic rings. The zero-order valence-electron chi connectivity index (χ0n) is 18.8. The van der Waals surface area contributed by atoms with E-state index in [0.717, 1.165) is 33.4 Å². The number of hydrogen-bond acceptors (Lipinski definition) is 8. The average molecular weight is 480 g/mol. The summed E-state index contributed by atoms with van der Waals surface area (Å²) in [5.41, 5.74) is 4.13. The van der Waals surface area contributed by atoms with E-state index in [9.17, 15) is 0 Å². The minimum atomic E-state index is 0.258. The molecule has 9 heteroatoms. The van der Waals surface area contributed by atoms with Crippen LogP contribution >= 0.6 is 12.2 Å². The second kappa shape index (κ2) is 10.3. The van der Waals surface area contributed by atoms with Crippen LogP contribution in [-0.4, -0.2) is 36.2 Å². The molecule has 5 rings (SSSR count). The Kier molecular flexibility index (Phi) is 6.66. The maximum atomic E-state index is 9.11. The Labute approximate surface area is 207 Å². The van der Waals surface area contributed by atoms with Gasteiger partial charge in [-0.2, -0.15) is 5.26 Å². The lowest BCUT2D eigenvalue weighted by molar-refractivity contribution is 0.198. The van der Waals surface area contributed by atoms with Crippen molar-refractivity contribution in [1.82, 2.24) is 29.6 Å². The fourth-order valence-corrected chi connectivity index (χ4v) is 4.03. The lowest BCUT2D eigenvalue weighted by atomic mass is 10.1. The van der Waals surface area contributed by atoms with Crippen LogP contribution in [0.25, 0.3) is 33.7 Å². The highest BCUT2D eigenvalue weighted by atomic mass is 32.1. The topological polar surface area (TPSA) is 96.7 Å². The first-order valence-electron chi connectivity index (χ1n) is 11.1. The van der Waals surface area contributed by atoms with E-state index in [0.29, 0.717) is 32.1 Å². The van der Waals surface area contributed by atoms with Gasteiger partial charge < -0.3 is 4.42 Å². The summed E-state index contributed by atoms with van der Waals surface area (Å²) in [6.45, 7) is 1.56. The molecule has 0 aliphatic heterocycles. The van der Waals surface area contributed by atoms with Gasteiger partial charge in [0, 0.05) is 43.5 Å². The third-order valence-electron chi connectivity index (χ3n) is 5.48. The van der Waals surface area contributed by atoms with Crippen molar-refractivity contribution in [1.29, 1.82) is 5.26 Å². The monoisotopic (exact) mass is 479 g/mol. The number of nitrogens with zero attached hydrogens (tertiary/aromatic N) is 7. The summed E-state index contributed by atoms with van der Waals surface area (Å²) in [7, 11) is 0. The Hall–Kier alpha value is -4.26. The van der Waals surface area contributed by atoms with E-state index < -0.39 is 0 Å². The number of pyridine rings is 3. The Balaban J connectivity index is 1.51. The lowest BCUT2D eigenvalue weighted by Gasteiger charge is -2.20. The van der Waals surface area contributed by atoms with Crippen LogP contribution in [0, 0.1) is 16.2 Å². The lowest BCUT2D eigenvalue weighted by Crippen LogP contribution is -2.27. The smallest absolute Gasteiger partial charge is 0.288 e.